The fourth-order valence-electron chi connectivity index (χ4n) is 4.37. The summed E-state index contributed by atoms with van der Waals surface area (Å²) in [5.74, 6) is -0.137. The van der Waals surface area contributed by atoms with Gasteiger partial charge in [-0.1, -0.05) is 24.3 Å². The van der Waals surface area contributed by atoms with Crippen molar-refractivity contribution in [3.63, 3.8) is 0 Å². The number of rotatable bonds is 1. The number of nitrogens with zero attached hydrogens (tertiary/aromatic N) is 3. The molecule has 0 saturated carbocycles. The molecule has 2 aliphatic rings. The van der Waals surface area contributed by atoms with Crippen LogP contribution >= 0.6 is 15.9 Å². The van der Waals surface area contributed by atoms with Crippen LogP contribution < -0.4 is 15.8 Å². The molecule has 3 heterocycles. The largest absolute Gasteiger partial charge is 0.422 e. The van der Waals surface area contributed by atoms with Gasteiger partial charge < -0.3 is 15.8 Å². The molecule has 0 saturated heterocycles. The molecule has 1 aromatic heterocycles. The van der Waals surface area contributed by atoms with Gasteiger partial charge in [-0.05, 0) is 53.5 Å². The van der Waals surface area contributed by atoms with Crippen LogP contribution in [0.3, 0.4) is 0 Å². The van der Waals surface area contributed by atoms with Crippen LogP contribution in [0.1, 0.15) is 22.4 Å². The molecule has 3 N–H and O–H groups in total. The Morgan fingerprint density at radius 2 is 2.00 bits per heavy atom. The number of hydrogen-bond donors (Lipinski definition) is 2. The van der Waals surface area contributed by atoms with Gasteiger partial charge in [-0.15, -0.1) is 0 Å². The highest BCUT2D eigenvalue weighted by Gasteiger charge is 2.59. The Labute approximate surface area is 180 Å². The number of aryl methyl sites for hydroxylation is 2. The maximum absolute atomic E-state index is 13.6. The van der Waals surface area contributed by atoms with Gasteiger partial charge in [-0.3, -0.25) is 4.79 Å². The average Bonchev–Trinajstić information content (AvgIpc) is 3.19. The van der Waals surface area contributed by atoms with Crippen molar-refractivity contribution in [1.29, 1.82) is 5.26 Å². The van der Waals surface area contributed by atoms with Gasteiger partial charge in [0.1, 0.15) is 17.1 Å². The number of nitrogens with two attached hydrogens (primary N) is 1. The predicted molar refractivity (Wildman–Crippen MR) is 114 cm³/mol. The van der Waals surface area contributed by atoms with Gasteiger partial charge in [0.2, 0.25) is 17.7 Å². The molecule has 1 spiro atoms. The summed E-state index contributed by atoms with van der Waals surface area (Å²) >= 11 is 3.54. The third kappa shape index (κ3) is 2.18. The maximum Gasteiger partial charge on any atom is 0.245 e. The number of benzene rings is 2. The van der Waals surface area contributed by atoms with Gasteiger partial charge >= 0.3 is 0 Å². The van der Waals surface area contributed by atoms with E-state index in [-0.39, 0.29) is 17.4 Å². The molecule has 8 heteroatoms. The first-order chi connectivity index (χ1) is 14.4. The van der Waals surface area contributed by atoms with Gasteiger partial charge in [0, 0.05) is 10.0 Å². The van der Waals surface area contributed by atoms with Crippen LogP contribution in [0.4, 0.5) is 5.69 Å². The summed E-state index contributed by atoms with van der Waals surface area (Å²) in [5.41, 5.74) is 8.89. The van der Waals surface area contributed by atoms with Crippen molar-refractivity contribution < 1.29 is 9.53 Å². The average molecular weight is 462 g/mol. The van der Waals surface area contributed by atoms with Crippen LogP contribution in [0, 0.1) is 25.2 Å². The second kappa shape index (κ2) is 6.21. The lowest BCUT2D eigenvalue weighted by Crippen LogP contribution is -2.42. The topological polar surface area (TPSA) is 106 Å². The Bertz CT molecular complexity index is 1320. The second-order valence-corrected chi connectivity index (χ2v) is 8.19. The molecule has 7 nitrogen and oxygen atoms in total. The fraction of sp³-hybridized carbons (Fsp3) is 0.136. The van der Waals surface area contributed by atoms with E-state index >= 15 is 0 Å². The number of amides is 1. The van der Waals surface area contributed by atoms with E-state index in [2.05, 4.69) is 32.4 Å². The summed E-state index contributed by atoms with van der Waals surface area (Å²) in [7, 11) is 0. The lowest BCUT2D eigenvalue weighted by Gasteiger charge is -2.32. The number of para-hydroxylation sites is 1. The number of nitrogens with one attached hydrogen (secondary N) is 1. The predicted octanol–water partition coefficient (Wildman–Crippen LogP) is 3.58. The minimum absolute atomic E-state index is 0.0551. The van der Waals surface area contributed by atoms with Crippen LogP contribution in [0.2, 0.25) is 0 Å². The molecule has 1 atom stereocenters. The SMILES string of the molecule is Cc1cc(Br)c2c(c1)[C@]1(C(=O)N2)C(C#N)=C(N)Oc2c1c(C)nn2-c1ccccc1. The second-order valence-electron chi connectivity index (χ2n) is 7.34. The first-order valence-corrected chi connectivity index (χ1v) is 10.0. The van der Waals surface area contributed by atoms with E-state index in [9.17, 15) is 10.1 Å². The number of nitriles is 1. The molecule has 0 bridgehead atoms. The summed E-state index contributed by atoms with van der Waals surface area (Å²) in [6.07, 6.45) is 0. The van der Waals surface area contributed by atoms with Crippen molar-refractivity contribution in [2.75, 3.05) is 5.32 Å². The first kappa shape index (κ1) is 18.5. The normalized spacial score (nSPS) is 19.2. The quantitative estimate of drug-likeness (QED) is 0.575. The van der Waals surface area contributed by atoms with E-state index in [0.717, 1.165) is 15.7 Å². The van der Waals surface area contributed by atoms with Crippen LogP contribution in [-0.4, -0.2) is 15.7 Å². The van der Waals surface area contributed by atoms with E-state index < -0.39 is 5.41 Å². The van der Waals surface area contributed by atoms with E-state index in [0.29, 0.717) is 28.4 Å². The number of carbonyl (C=O) groups is 1. The van der Waals surface area contributed by atoms with Gasteiger partial charge in [-0.25, -0.2) is 4.68 Å². The van der Waals surface area contributed by atoms with Crippen molar-refractivity contribution in [2.45, 2.75) is 19.3 Å². The van der Waals surface area contributed by atoms with Crippen LogP contribution in [0.5, 0.6) is 5.88 Å². The lowest BCUT2D eigenvalue weighted by atomic mass is 9.69. The fourth-order valence-corrected chi connectivity index (χ4v) is 5.04. The monoisotopic (exact) mass is 461 g/mol. The zero-order valence-corrected chi connectivity index (χ0v) is 17.7. The molecule has 0 fully saturated rings. The number of aromatic nitrogens is 2. The zero-order chi connectivity index (χ0) is 21.2. The number of anilines is 1. The van der Waals surface area contributed by atoms with Crippen molar-refractivity contribution in [3.05, 3.63) is 80.8 Å². The highest BCUT2D eigenvalue weighted by Crippen LogP contribution is 2.56. The Balaban J connectivity index is 1.92. The maximum atomic E-state index is 13.6. The summed E-state index contributed by atoms with van der Waals surface area (Å²) in [6.45, 7) is 3.73. The minimum Gasteiger partial charge on any atom is -0.422 e. The van der Waals surface area contributed by atoms with Gasteiger partial charge in [0.15, 0.2) is 0 Å². The first-order valence-electron chi connectivity index (χ1n) is 9.25. The van der Waals surface area contributed by atoms with Crippen molar-refractivity contribution in [3.8, 4) is 17.6 Å². The number of fused-ring (bicyclic) bond motifs is 4. The zero-order valence-electron chi connectivity index (χ0n) is 16.2. The van der Waals surface area contributed by atoms with Crippen LogP contribution in [0.15, 0.2) is 58.4 Å². The third-order valence-electron chi connectivity index (χ3n) is 5.55. The van der Waals surface area contributed by atoms with Crippen molar-refractivity contribution in [2.24, 2.45) is 5.73 Å². The number of carbonyl (C=O) groups excluding carboxylic acids is 1. The van der Waals surface area contributed by atoms with Gasteiger partial charge in [0.05, 0.1) is 22.6 Å². The summed E-state index contributed by atoms with van der Waals surface area (Å²) in [5, 5.41) is 17.6. The molecule has 3 aromatic rings. The molecule has 148 valence electrons. The summed E-state index contributed by atoms with van der Waals surface area (Å²) in [4.78, 5) is 13.6. The Kier molecular flexibility index (Phi) is 3.82. The molecule has 0 unspecified atom stereocenters. The van der Waals surface area contributed by atoms with E-state index in [1.807, 2.05) is 49.4 Å². The highest BCUT2D eigenvalue weighted by molar-refractivity contribution is 9.10. The molecule has 30 heavy (non-hydrogen) atoms. The van der Waals surface area contributed by atoms with Crippen LogP contribution in [0.25, 0.3) is 5.69 Å². The van der Waals surface area contributed by atoms with E-state index in [1.165, 1.54) is 0 Å². The highest BCUT2D eigenvalue weighted by atomic mass is 79.9. The number of hydrogen-bond acceptors (Lipinski definition) is 5. The Hall–Kier alpha value is -3.57. The summed E-state index contributed by atoms with van der Waals surface area (Å²) < 4.78 is 8.25. The smallest absolute Gasteiger partial charge is 0.245 e. The Morgan fingerprint density at radius 1 is 1.27 bits per heavy atom. The Morgan fingerprint density at radius 3 is 2.70 bits per heavy atom. The van der Waals surface area contributed by atoms with E-state index in [4.69, 9.17) is 10.5 Å². The molecular weight excluding hydrogens is 446 g/mol. The van der Waals surface area contributed by atoms with Gasteiger partial charge in [0.25, 0.3) is 0 Å². The number of ether oxygens (including phenoxy) is 1. The molecule has 1 amide bonds. The summed E-state index contributed by atoms with van der Waals surface area (Å²) in [6, 6.07) is 15.4. The van der Waals surface area contributed by atoms with Crippen molar-refractivity contribution in [1.82, 2.24) is 9.78 Å². The molecule has 5 rings (SSSR count). The molecule has 2 aliphatic heterocycles. The third-order valence-corrected chi connectivity index (χ3v) is 6.18. The standard InChI is InChI=1S/C22H16BrN5O2/c1-11-8-14-18(16(23)9-11)26-21(29)22(14)15(10-24)19(25)30-20-17(22)12(2)27-28(20)13-6-4-3-5-7-13/h3-9H,25H2,1-2H3,(H,26,29)/t22-/m0/s1. The lowest BCUT2D eigenvalue weighted by molar-refractivity contribution is -0.118. The van der Waals surface area contributed by atoms with Crippen LogP contribution in [-0.2, 0) is 10.2 Å². The van der Waals surface area contributed by atoms with Crippen molar-refractivity contribution >= 4 is 27.5 Å². The molecule has 2 aromatic carbocycles. The number of halogens is 1. The molecule has 0 radical (unpaired) electrons. The molecule has 0 aliphatic carbocycles. The molecular formula is C22H16BrN5O2. The minimum atomic E-state index is -1.44. The van der Waals surface area contributed by atoms with E-state index in [1.54, 1.807) is 11.6 Å². The van der Waals surface area contributed by atoms with Gasteiger partial charge in [-0.2, -0.15) is 10.4 Å².